The first-order valence-corrected chi connectivity index (χ1v) is 7.18. The summed E-state index contributed by atoms with van der Waals surface area (Å²) in [5.41, 5.74) is 7.76. The van der Waals surface area contributed by atoms with Crippen LogP contribution in [-0.2, 0) is 16.4 Å². The van der Waals surface area contributed by atoms with E-state index in [4.69, 9.17) is 17.3 Å². The summed E-state index contributed by atoms with van der Waals surface area (Å²) in [7, 11) is -3.26. The van der Waals surface area contributed by atoms with Crippen molar-refractivity contribution in [2.24, 2.45) is 0 Å². The molecule has 1 aromatic carbocycles. The summed E-state index contributed by atoms with van der Waals surface area (Å²) in [6, 6.07) is 3.37. The molecule has 88 valence electrons. The first-order valence-electron chi connectivity index (χ1n) is 4.95. The number of anilines is 2. The van der Waals surface area contributed by atoms with Gasteiger partial charge in [-0.15, -0.1) is 0 Å². The lowest BCUT2D eigenvalue weighted by Gasteiger charge is -2.30. The van der Waals surface area contributed by atoms with E-state index < -0.39 is 10.0 Å². The molecule has 0 bridgehead atoms. The van der Waals surface area contributed by atoms with E-state index in [0.717, 1.165) is 18.4 Å². The molecule has 0 saturated carbocycles. The van der Waals surface area contributed by atoms with E-state index in [1.54, 1.807) is 12.1 Å². The summed E-state index contributed by atoms with van der Waals surface area (Å²) in [4.78, 5) is 0. The lowest BCUT2D eigenvalue weighted by molar-refractivity contribution is 0.592. The van der Waals surface area contributed by atoms with Gasteiger partial charge in [0.2, 0.25) is 10.0 Å². The summed E-state index contributed by atoms with van der Waals surface area (Å²) in [5, 5.41) is 0.548. The second-order valence-electron chi connectivity index (χ2n) is 3.94. The molecule has 16 heavy (non-hydrogen) atoms. The number of benzene rings is 1. The van der Waals surface area contributed by atoms with Gasteiger partial charge in [-0.2, -0.15) is 0 Å². The van der Waals surface area contributed by atoms with E-state index in [1.807, 2.05) is 0 Å². The van der Waals surface area contributed by atoms with Gasteiger partial charge < -0.3 is 5.73 Å². The van der Waals surface area contributed by atoms with Crippen LogP contribution in [0.25, 0.3) is 0 Å². The van der Waals surface area contributed by atoms with Crippen LogP contribution < -0.4 is 10.0 Å². The number of fused-ring (bicyclic) bond motifs is 1. The van der Waals surface area contributed by atoms with Gasteiger partial charge >= 0.3 is 0 Å². The van der Waals surface area contributed by atoms with Crippen LogP contribution in [-0.4, -0.2) is 21.2 Å². The molecule has 4 nitrogen and oxygen atoms in total. The molecule has 2 rings (SSSR count). The Morgan fingerprint density at radius 2 is 2.12 bits per heavy atom. The van der Waals surface area contributed by atoms with Gasteiger partial charge in [0.05, 0.1) is 17.6 Å². The van der Waals surface area contributed by atoms with Crippen molar-refractivity contribution in [2.75, 3.05) is 22.8 Å². The van der Waals surface area contributed by atoms with Gasteiger partial charge in [0, 0.05) is 11.6 Å². The maximum absolute atomic E-state index is 11.6. The quantitative estimate of drug-likeness (QED) is 0.781. The fraction of sp³-hybridized carbons (Fsp3) is 0.400. The first kappa shape index (κ1) is 11.5. The summed E-state index contributed by atoms with van der Waals surface area (Å²) < 4.78 is 24.6. The fourth-order valence-electron chi connectivity index (χ4n) is 2.03. The van der Waals surface area contributed by atoms with Crippen LogP contribution in [0.1, 0.15) is 12.0 Å². The van der Waals surface area contributed by atoms with Crippen LogP contribution in [0.4, 0.5) is 11.4 Å². The molecule has 0 atom stereocenters. The van der Waals surface area contributed by atoms with E-state index >= 15 is 0 Å². The lowest BCUT2D eigenvalue weighted by atomic mass is 10.0. The lowest BCUT2D eigenvalue weighted by Crippen LogP contribution is -2.35. The number of halogens is 1. The normalized spacial score (nSPS) is 16.0. The van der Waals surface area contributed by atoms with Gasteiger partial charge in [-0.25, -0.2) is 8.42 Å². The van der Waals surface area contributed by atoms with Crippen LogP contribution in [0.2, 0.25) is 5.02 Å². The molecule has 0 spiro atoms. The minimum atomic E-state index is -3.26. The fourth-order valence-corrected chi connectivity index (χ4v) is 3.29. The molecular weight excluding hydrogens is 248 g/mol. The highest BCUT2D eigenvalue weighted by molar-refractivity contribution is 7.92. The summed E-state index contributed by atoms with van der Waals surface area (Å²) >= 11 is 5.90. The van der Waals surface area contributed by atoms with Crippen molar-refractivity contribution in [3.05, 3.63) is 22.7 Å². The number of nitrogen functional groups attached to an aromatic ring is 1. The standard InChI is InChI=1S/C10H13ClN2O2S/c1-16(14,15)13-4-2-3-7-5-8(11)6-9(12)10(7)13/h5-6H,2-4,12H2,1H3. The number of hydrogen-bond acceptors (Lipinski definition) is 3. The predicted octanol–water partition coefficient (Wildman–Crippen LogP) is 1.63. The number of rotatable bonds is 1. The minimum Gasteiger partial charge on any atom is -0.397 e. The number of hydrogen-bond donors (Lipinski definition) is 1. The van der Waals surface area contributed by atoms with Gasteiger partial charge in [-0.1, -0.05) is 11.6 Å². The smallest absolute Gasteiger partial charge is 0.232 e. The van der Waals surface area contributed by atoms with Gasteiger partial charge in [0.15, 0.2) is 0 Å². The van der Waals surface area contributed by atoms with E-state index in [0.29, 0.717) is 22.9 Å². The molecule has 0 fully saturated rings. The second kappa shape index (κ2) is 3.82. The molecule has 1 aliphatic rings. The van der Waals surface area contributed by atoms with E-state index in [2.05, 4.69) is 0 Å². The van der Waals surface area contributed by atoms with Gasteiger partial charge in [0.25, 0.3) is 0 Å². The van der Waals surface area contributed by atoms with Crippen molar-refractivity contribution < 1.29 is 8.42 Å². The zero-order valence-corrected chi connectivity index (χ0v) is 10.5. The Kier molecular flexibility index (Phi) is 2.75. The van der Waals surface area contributed by atoms with Gasteiger partial charge in [0.1, 0.15) is 0 Å². The van der Waals surface area contributed by atoms with Crippen molar-refractivity contribution in [1.29, 1.82) is 0 Å². The molecule has 6 heteroatoms. The van der Waals surface area contributed by atoms with E-state index in [-0.39, 0.29) is 0 Å². The molecule has 0 radical (unpaired) electrons. The number of nitrogens with zero attached hydrogens (tertiary/aromatic N) is 1. The number of aryl methyl sites for hydroxylation is 1. The zero-order valence-electron chi connectivity index (χ0n) is 8.90. The van der Waals surface area contributed by atoms with Crippen molar-refractivity contribution >= 4 is 33.0 Å². The SMILES string of the molecule is CS(=O)(=O)N1CCCc2cc(Cl)cc(N)c21. The van der Waals surface area contributed by atoms with Crippen molar-refractivity contribution in [2.45, 2.75) is 12.8 Å². The molecule has 0 unspecified atom stereocenters. The summed E-state index contributed by atoms with van der Waals surface area (Å²) in [6.45, 7) is 0.484. The monoisotopic (exact) mass is 260 g/mol. The van der Waals surface area contributed by atoms with Gasteiger partial charge in [-0.3, -0.25) is 4.31 Å². The van der Waals surface area contributed by atoms with Gasteiger partial charge in [-0.05, 0) is 30.5 Å². The third-order valence-electron chi connectivity index (χ3n) is 2.64. The van der Waals surface area contributed by atoms with E-state index in [9.17, 15) is 8.42 Å². The van der Waals surface area contributed by atoms with Crippen LogP contribution in [0.15, 0.2) is 12.1 Å². The average Bonchev–Trinajstić information content (AvgIpc) is 2.14. The number of sulfonamides is 1. The van der Waals surface area contributed by atoms with E-state index in [1.165, 1.54) is 10.6 Å². The molecule has 0 amide bonds. The molecule has 0 aromatic heterocycles. The molecule has 1 heterocycles. The largest absolute Gasteiger partial charge is 0.397 e. The third kappa shape index (κ3) is 1.97. The molecule has 1 aromatic rings. The second-order valence-corrected chi connectivity index (χ2v) is 6.28. The molecule has 2 N–H and O–H groups in total. The van der Waals surface area contributed by atoms with Crippen LogP contribution in [0, 0.1) is 0 Å². The molecule has 1 aliphatic heterocycles. The highest BCUT2D eigenvalue weighted by atomic mass is 35.5. The Bertz CT molecular complexity index is 528. The maximum Gasteiger partial charge on any atom is 0.232 e. The Morgan fingerprint density at radius 3 is 2.75 bits per heavy atom. The Balaban J connectivity index is 2.63. The predicted molar refractivity (Wildman–Crippen MR) is 66.4 cm³/mol. The van der Waals surface area contributed by atoms with Crippen LogP contribution in [0.3, 0.4) is 0 Å². The summed E-state index contributed by atoms with van der Waals surface area (Å²) in [5.74, 6) is 0. The first-order chi connectivity index (χ1) is 7.39. The van der Waals surface area contributed by atoms with Crippen molar-refractivity contribution in [3.8, 4) is 0 Å². The molecular formula is C10H13ClN2O2S. The molecule has 0 aliphatic carbocycles. The van der Waals surface area contributed by atoms with Crippen molar-refractivity contribution in [1.82, 2.24) is 0 Å². The Labute approximate surface area is 100 Å². The van der Waals surface area contributed by atoms with Crippen molar-refractivity contribution in [3.63, 3.8) is 0 Å². The Morgan fingerprint density at radius 1 is 1.44 bits per heavy atom. The third-order valence-corrected chi connectivity index (χ3v) is 4.02. The highest BCUT2D eigenvalue weighted by Gasteiger charge is 2.26. The topological polar surface area (TPSA) is 63.4 Å². The number of nitrogens with two attached hydrogens (primary N) is 1. The zero-order chi connectivity index (χ0) is 11.9. The minimum absolute atomic E-state index is 0.424. The average molecular weight is 261 g/mol. The highest BCUT2D eigenvalue weighted by Crippen LogP contribution is 2.36. The maximum atomic E-state index is 11.6. The van der Waals surface area contributed by atoms with Crippen LogP contribution >= 0.6 is 11.6 Å². The molecule has 0 saturated heterocycles. The van der Waals surface area contributed by atoms with Crippen LogP contribution in [0.5, 0.6) is 0 Å². The summed E-state index contributed by atoms with van der Waals surface area (Å²) in [6.07, 6.45) is 2.79. The Hall–Kier alpha value is -0.940.